The van der Waals surface area contributed by atoms with Crippen molar-refractivity contribution in [3.05, 3.63) is 119 Å². The summed E-state index contributed by atoms with van der Waals surface area (Å²) in [6, 6.07) is 26.9. The van der Waals surface area contributed by atoms with Crippen LogP contribution in [0.5, 0.6) is 0 Å². The third kappa shape index (κ3) is 4.32. The molecule has 0 spiro atoms. The molecule has 1 aliphatic heterocycles. The highest BCUT2D eigenvalue weighted by Gasteiger charge is 2.46. The number of hydrogen-bond donors (Lipinski definition) is 1. The second-order valence-electron chi connectivity index (χ2n) is 11.6. The molecule has 3 aromatic carbocycles. The Morgan fingerprint density at radius 1 is 0.850 bits per heavy atom. The van der Waals surface area contributed by atoms with Gasteiger partial charge in [-0.15, -0.1) is 0 Å². The highest BCUT2D eigenvalue weighted by atomic mass is 16.4. The Morgan fingerprint density at radius 3 is 2.27 bits per heavy atom. The Kier molecular flexibility index (Phi) is 6.18. The molecule has 1 atom stereocenters. The zero-order valence-electron chi connectivity index (χ0n) is 23.0. The molecule has 0 bridgehead atoms. The molecule has 40 heavy (non-hydrogen) atoms. The van der Waals surface area contributed by atoms with Crippen LogP contribution in [0.15, 0.2) is 103 Å². The first kappa shape index (κ1) is 25.8. The number of aromatic nitrogens is 1. The van der Waals surface area contributed by atoms with Gasteiger partial charge < -0.3 is 10.0 Å². The van der Waals surface area contributed by atoms with Gasteiger partial charge in [0.25, 0.3) is 5.91 Å². The average molecular weight is 529 g/mol. The fraction of sp³-hybridized carbons (Fsp3) is 0.229. The minimum atomic E-state index is -0.923. The molecule has 0 saturated carbocycles. The molecule has 2 heterocycles. The van der Waals surface area contributed by atoms with E-state index >= 15 is 0 Å². The smallest absolute Gasteiger partial charge is 0.335 e. The number of pyridine rings is 1. The average Bonchev–Trinajstić information content (AvgIpc) is 2.96. The van der Waals surface area contributed by atoms with Crippen molar-refractivity contribution in [3.63, 3.8) is 0 Å². The molecule has 5 heteroatoms. The van der Waals surface area contributed by atoms with E-state index in [2.05, 4.69) is 32.9 Å². The van der Waals surface area contributed by atoms with Crippen LogP contribution in [0.3, 0.4) is 0 Å². The lowest BCUT2D eigenvalue weighted by Crippen LogP contribution is -2.48. The largest absolute Gasteiger partial charge is 0.478 e. The predicted molar refractivity (Wildman–Crippen MR) is 159 cm³/mol. The van der Waals surface area contributed by atoms with E-state index in [1.165, 1.54) is 11.1 Å². The van der Waals surface area contributed by atoms with Gasteiger partial charge in [-0.25, -0.2) is 9.78 Å². The number of allylic oxidation sites excluding steroid dienone is 2. The number of hydrogen-bond acceptors (Lipinski definition) is 3. The van der Waals surface area contributed by atoms with Crippen LogP contribution in [0, 0.1) is 10.8 Å². The van der Waals surface area contributed by atoms with Crippen molar-refractivity contribution in [3.8, 4) is 11.3 Å². The summed E-state index contributed by atoms with van der Waals surface area (Å²) in [7, 11) is 0. The van der Waals surface area contributed by atoms with E-state index < -0.39 is 5.97 Å². The van der Waals surface area contributed by atoms with Crippen molar-refractivity contribution in [2.75, 3.05) is 13.1 Å². The molecule has 200 valence electrons. The minimum absolute atomic E-state index is 0.0177. The van der Waals surface area contributed by atoms with Crippen molar-refractivity contribution in [2.24, 2.45) is 10.8 Å². The Hall–Kier alpha value is -4.51. The molecule has 0 fully saturated rings. The fourth-order valence-corrected chi connectivity index (χ4v) is 6.64. The molecule has 1 amide bonds. The van der Waals surface area contributed by atoms with Crippen LogP contribution in [-0.4, -0.2) is 40.0 Å². The van der Waals surface area contributed by atoms with Crippen molar-refractivity contribution in [2.45, 2.75) is 27.2 Å². The predicted octanol–water partition coefficient (Wildman–Crippen LogP) is 7.50. The van der Waals surface area contributed by atoms with E-state index in [-0.39, 0.29) is 22.3 Å². The van der Waals surface area contributed by atoms with Gasteiger partial charge in [-0.05, 0) is 41.8 Å². The van der Waals surface area contributed by atoms with Gasteiger partial charge in [0.2, 0.25) is 0 Å². The van der Waals surface area contributed by atoms with Crippen molar-refractivity contribution < 1.29 is 14.7 Å². The first-order valence-corrected chi connectivity index (χ1v) is 13.7. The van der Waals surface area contributed by atoms with E-state index in [9.17, 15) is 14.7 Å². The SMILES string of the molecule is CC1(C)C(c2ccc(C(=O)O)cc2)=CC[C@@]2(C)CN(C(=O)c3cc(-c4ccccc4)nc4ccccc34)CC=C12. The van der Waals surface area contributed by atoms with Crippen LogP contribution >= 0.6 is 0 Å². The van der Waals surface area contributed by atoms with Gasteiger partial charge in [0, 0.05) is 34.9 Å². The van der Waals surface area contributed by atoms with E-state index in [1.54, 1.807) is 12.1 Å². The Morgan fingerprint density at radius 2 is 1.55 bits per heavy atom. The third-order valence-corrected chi connectivity index (χ3v) is 8.56. The third-order valence-electron chi connectivity index (χ3n) is 8.56. The van der Waals surface area contributed by atoms with E-state index in [4.69, 9.17) is 4.98 Å². The van der Waals surface area contributed by atoms with Crippen molar-refractivity contribution >= 4 is 28.4 Å². The van der Waals surface area contributed by atoms with Crippen molar-refractivity contribution in [1.29, 1.82) is 0 Å². The summed E-state index contributed by atoms with van der Waals surface area (Å²) >= 11 is 0. The topological polar surface area (TPSA) is 70.5 Å². The highest BCUT2D eigenvalue weighted by molar-refractivity contribution is 6.07. The summed E-state index contributed by atoms with van der Waals surface area (Å²) in [6.45, 7) is 7.87. The first-order valence-electron chi connectivity index (χ1n) is 13.7. The van der Waals surface area contributed by atoms with Crippen molar-refractivity contribution in [1.82, 2.24) is 9.88 Å². The number of carboxylic acid groups (broad SMARTS) is 1. The summed E-state index contributed by atoms with van der Waals surface area (Å²) in [4.78, 5) is 32.3. The quantitative estimate of drug-likeness (QED) is 0.278. The molecule has 1 aromatic heterocycles. The zero-order valence-corrected chi connectivity index (χ0v) is 23.0. The van der Waals surface area contributed by atoms with E-state index in [0.717, 1.165) is 34.1 Å². The molecule has 4 aromatic rings. The lowest BCUT2D eigenvalue weighted by atomic mass is 9.58. The molecule has 5 nitrogen and oxygen atoms in total. The maximum Gasteiger partial charge on any atom is 0.335 e. The summed E-state index contributed by atoms with van der Waals surface area (Å²) in [6.07, 6.45) is 5.31. The Bertz CT molecular complexity index is 1700. The van der Waals surface area contributed by atoms with Gasteiger partial charge in [-0.3, -0.25) is 4.79 Å². The van der Waals surface area contributed by atoms with Gasteiger partial charge in [-0.2, -0.15) is 0 Å². The number of carboxylic acids is 1. The second kappa shape index (κ2) is 9.60. The van der Waals surface area contributed by atoms with Crippen LogP contribution < -0.4 is 0 Å². The van der Waals surface area contributed by atoms with Gasteiger partial charge in [-0.1, -0.05) is 99.2 Å². The lowest BCUT2D eigenvalue weighted by Gasteiger charge is -2.50. The molecule has 2 aliphatic rings. The lowest BCUT2D eigenvalue weighted by molar-refractivity contribution is 0.0680. The normalized spacial score (nSPS) is 19.9. The number of amides is 1. The number of nitrogens with zero attached hydrogens (tertiary/aromatic N) is 2. The molecule has 0 radical (unpaired) electrons. The van der Waals surface area contributed by atoms with Gasteiger partial charge >= 0.3 is 5.97 Å². The van der Waals surface area contributed by atoms with E-state index in [0.29, 0.717) is 18.7 Å². The standard InChI is InChI=1S/C35H32N2O3/c1-34(2)28(23-13-15-25(16-14-23)33(39)40)17-19-35(3)22-37(20-18-31(34)35)32(38)27-21-30(24-9-5-4-6-10-24)36-29-12-8-7-11-26(27)29/h4-18,21H,19-20,22H2,1-3H3,(H,39,40)/t35-/m0/s1. The number of carbonyl (C=O) groups is 2. The number of rotatable bonds is 4. The number of fused-ring (bicyclic) bond motifs is 2. The summed E-state index contributed by atoms with van der Waals surface area (Å²) in [5, 5.41) is 10.2. The highest BCUT2D eigenvalue weighted by Crippen LogP contribution is 2.55. The Balaban J connectivity index is 1.34. The molecule has 6 rings (SSSR count). The molecular formula is C35H32N2O3. The summed E-state index contributed by atoms with van der Waals surface area (Å²) in [5.41, 5.74) is 6.65. The second-order valence-corrected chi connectivity index (χ2v) is 11.6. The van der Waals surface area contributed by atoms with Gasteiger partial charge in [0.1, 0.15) is 0 Å². The van der Waals surface area contributed by atoms with Crippen LogP contribution in [-0.2, 0) is 0 Å². The maximum atomic E-state index is 14.2. The fourth-order valence-electron chi connectivity index (χ4n) is 6.64. The number of carbonyl (C=O) groups excluding carboxylic acids is 1. The Labute approximate surface area is 234 Å². The van der Waals surface area contributed by atoms with Crippen LogP contribution in [0.25, 0.3) is 27.7 Å². The first-order chi connectivity index (χ1) is 19.2. The molecular weight excluding hydrogens is 496 g/mol. The van der Waals surface area contributed by atoms with E-state index in [1.807, 2.05) is 77.7 Å². The zero-order chi connectivity index (χ0) is 28.1. The maximum absolute atomic E-state index is 14.2. The van der Waals surface area contributed by atoms with Crippen LogP contribution in [0.4, 0.5) is 0 Å². The number of para-hydroxylation sites is 1. The molecule has 0 unspecified atom stereocenters. The molecule has 1 aliphatic carbocycles. The summed E-state index contributed by atoms with van der Waals surface area (Å²) < 4.78 is 0. The number of benzene rings is 3. The number of aromatic carboxylic acids is 1. The molecule has 0 saturated heterocycles. The van der Waals surface area contributed by atoms with Crippen LogP contribution in [0.2, 0.25) is 0 Å². The monoisotopic (exact) mass is 528 g/mol. The molecule has 1 N–H and O–H groups in total. The van der Waals surface area contributed by atoms with Gasteiger partial charge in [0.05, 0.1) is 22.3 Å². The van der Waals surface area contributed by atoms with Gasteiger partial charge in [0.15, 0.2) is 0 Å². The van der Waals surface area contributed by atoms with Crippen LogP contribution in [0.1, 0.15) is 53.5 Å². The minimum Gasteiger partial charge on any atom is -0.478 e. The summed E-state index contributed by atoms with van der Waals surface area (Å²) in [5.74, 6) is -0.905.